The normalized spacial score (nSPS) is 38.9. The number of aromatic nitrogens is 3. The molecule has 3 fully saturated rings. The molecule has 5 rings (SSSR count). The van der Waals surface area contributed by atoms with E-state index in [0.717, 1.165) is 0 Å². The van der Waals surface area contributed by atoms with Crippen molar-refractivity contribution in [3.8, 4) is 0 Å². The Morgan fingerprint density at radius 3 is 2.28 bits per heavy atom. The number of ether oxygens (including phenoxy) is 6. The Bertz CT molecular complexity index is 2030. The molecule has 5 N–H and O–H groups in total. The number of benzene rings is 1. The van der Waals surface area contributed by atoms with Crippen LogP contribution in [0.5, 0.6) is 0 Å². The molecule has 72 heavy (non-hydrogen) atoms. The minimum atomic E-state index is -1.80. The van der Waals surface area contributed by atoms with Crippen molar-refractivity contribution < 1.29 is 62.8 Å². The number of hydrogen-bond acceptors (Lipinski definition) is 16. The smallest absolute Gasteiger partial charge is 0.309 e. The lowest BCUT2D eigenvalue weighted by atomic mass is 9.68. The molecule has 1 aromatic heterocycles. The zero-order valence-electron chi connectivity index (χ0n) is 45.7. The molecule has 1 unspecified atom stereocenters. The number of likely N-dealkylation sites (N-methyl/N-ethyl adjacent to an activating group) is 2. The highest BCUT2D eigenvalue weighted by atomic mass is 19.1. The van der Waals surface area contributed by atoms with E-state index in [0.29, 0.717) is 49.2 Å². The Morgan fingerprint density at radius 1 is 1.01 bits per heavy atom. The summed E-state index contributed by atoms with van der Waals surface area (Å²) in [6, 6.07) is 5.48. The van der Waals surface area contributed by atoms with Crippen LogP contribution in [0.3, 0.4) is 0 Å². The van der Waals surface area contributed by atoms with E-state index in [-0.39, 0.29) is 43.2 Å². The third kappa shape index (κ3) is 13.6. The molecule has 0 aliphatic carbocycles. The van der Waals surface area contributed by atoms with Crippen molar-refractivity contribution in [3.63, 3.8) is 0 Å². The fourth-order valence-corrected chi connectivity index (χ4v) is 12.0. The summed E-state index contributed by atoms with van der Waals surface area (Å²) in [5.41, 5.74) is -2.49. The highest BCUT2D eigenvalue weighted by Crippen LogP contribution is 2.45. The van der Waals surface area contributed by atoms with Gasteiger partial charge in [0.1, 0.15) is 42.7 Å². The highest BCUT2D eigenvalue weighted by Gasteiger charge is 2.54. The maximum Gasteiger partial charge on any atom is 0.309 e. The number of rotatable bonds is 15. The third-order valence-corrected chi connectivity index (χ3v) is 16.5. The Morgan fingerprint density at radius 2 is 1.68 bits per heavy atom. The number of methoxy groups -OCH3 is 2. The molecule has 3 aliphatic rings. The van der Waals surface area contributed by atoms with Crippen molar-refractivity contribution in [3.05, 3.63) is 47.3 Å². The fraction of sp³-hybridized carbons (Fsp3) is 0.811. The molecule has 0 spiro atoms. The molecular weight excluding hydrogens is 932 g/mol. The van der Waals surface area contributed by atoms with E-state index in [2.05, 4.69) is 20.5 Å². The van der Waals surface area contributed by atoms with E-state index < -0.39 is 108 Å². The van der Waals surface area contributed by atoms with E-state index >= 15 is 0 Å². The molecule has 18 nitrogen and oxygen atoms in total. The summed E-state index contributed by atoms with van der Waals surface area (Å²) in [5, 5.41) is 59.2. The van der Waals surface area contributed by atoms with Crippen LogP contribution < -0.4 is 5.32 Å². The highest BCUT2D eigenvalue weighted by molar-refractivity contribution is 5.93. The van der Waals surface area contributed by atoms with Crippen LogP contribution in [0.15, 0.2) is 30.5 Å². The lowest BCUT2D eigenvalue weighted by Crippen LogP contribution is -2.61. The van der Waals surface area contributed by atoms with Gasteiger partial charge in [-0.1, -0.05) is 45.0 Å². The maximum absolute atomic E-state index is 14.8. The molecule has 3 saturated heterocycles. The Balaban J connectivity index is 1.42. The monoisotopic (exact) mass is 1020 g/mol. The van der Waals surface area contributed by atoms with Gasteiger partial charge in [0.15, 0.2) is 6.29 Å². The minimum absolute atomic E-state index is 0.0130. The number of aliphatic hydroxyl groups is 4. The number of nitrogens with one attached hydrogen (secondary N) is 1. The van der Waals surface area contributed by atoms with Crippen molar-refractivity contribution in [2.75, 3.05) is 55.1 Å². The standard InChI is InChI=1S/C53H89FN6O12/c1-16-42-53(10,66)46(61)34(6)59(13)28-30(2)25-51(8,65)48(32(4)44(33(5)50(64)71-42)41-26-52(9,68-15)47(62)35(7)70-41)72-43-24-39(23-31(3)69-43)58(12)22-21-38-29-60(57-56-38)40(27-54)45(67-14)36-17-19-37(20-18-36)49(63)55-11/h17-20,29-35,39-48,61-62,65-66H,16,21-28H2,1-15H3,(H,55,63)/t30-,31-,32+,33-,34-,35+,39+,40-,41?,42-,43+,44+,45-,46-,47+,48-,51-,52-,53-/m1/s1. The summed E-state index contributed by atoms with van der Waals surface area (Å²) in [5.74, 6) is -3.11. The zero-order valence-corrected chi connectivity index (χ0v) is 45.7. The molecule has 19 heteroatoms. The molecular formula is C53H89FN6O12. The third-order valence-electron chi connectivity index (χ3n) is 16.5. The summed E-state index contributed by atoms with van der Waals surface area (Å²) >= 11 is 0. The second-order valence-electron chi connectivity index (χ2n) is 22.2. The molecule has 0 bridgehead atoms. The van der Waals surface area contributed by atoms with Gasteiger partial charge in [-0.3, -0.25) is 9.59 Å². The number of carbonyl (C=O) groups is 2. The van der Waals surface area contributed by atoms with Gasteiger partial charge in [0.25, 0.3) is 5.91 Å². The Kier molecular flexibility index (Phi) is 20.8. The molecule has 0 radical (unpaired) electrons. The number of nitrogens with zero attached hydrogens (tertiary/aromatic N) is 5. The van der Waals surface area contributed by atoms with Crippen LogP contribution >= 0.6 is 0 Å². The van der Waals surface area contributed by atoms with Crippen molar-refractivity contribution >= 4 is 11.9 Å². The average molecular weight is 1020 g/mol. The van der Waals surface area contributed by atoms with Crippen LogP contribution in [-0.2, 0) is 39.6 Å². The van der Waals surface area contributed by atoms with Crippen molar-refractivity contribution in [2.45, 2.75) is 198 Å². The number of hydrogen-bond donors (Lipinski definition) is 5. The second-order valence-corrected chi connectivity index (χ2v) is 22.2. The predicted molar refractivity (Wildman–Crippen MR) is 269 cm³/mol. The van der Waals surface area contributed by atoms with Crippen LogP contribution in [0.4, 0.5) is 4.39 Å². The van der Waals surface area contributed by atoms with Crippen molar-refractivity contribution in [1.82, 2.24) is 30.1 Å². The van der Waals surface area contributed by atoms with E-state index in [1.54, 1.807) is 72.3 Å². The van der Waals surface area contributed by atoms with Gasteiger partial charge in [-0.2, -0.15) is 0 Å². The van der Waals surface area contributed by atoms with Gasteiger partial charge in [-0.05, 0) is 104 Å². The van der Waals surface area contributed by atoms with Gasteiger partial charge in [0.05, 0.1) is 47.2 Å². The molecule has 2 aromatic rings. The van der Waals surface area contributed by atoms with E-state index in [4.69, 9.17) is 28.4 Å². The first-order valence-electron chi connectivity index (χ1n) is 26.0. The number of alkyl halides is 1. The van der Waals surface area contributed by atoms with Gasteiger partial charge in [0, 0.05) is 83.4 Å². The summed E-state index contributed by atoms with van der Waals surface area (Å²) < 4.78 is 54.5. The Labute approximate surface area is 427 Å². The number of carbonyl (C=O) groups excluding carboxylic acids is 2. The number of esters is 1. The van der Waals surface area contributed by atoms with Crippen molar-refractivity contribution in [1.29, 1.82) is 0 Å². The first-order valence-corrected chi connectivity index (χ1v) is 26.0. The predicted octanol–water partition coefficient (Wildman–Crippen LogP) is 4.67. The van der Waals surface area contributed by atoms with E-state index in [1.165, 1.54) is 18.7 Å². The number of cyclic esters (lactones) is 1. The average Bonchev–Trinajstić information content (AvgIpc) is 3.81. The van der Waals surface area contributed by atoms with Gasteiger partial charge in [-0.15, -0.1) is 5.10 Å². The minimum Gasteiger partial charge on any atom is -0.459 e. The quantitative estimate of drug-likeness (QED) is 0.153. The molecule has 0 saturated carbocycles. The van der Waals surface area contributed by atoms with Crippen LogP contribution in [-0.4, -0.2) is 190 Å². The van der Waals surface area contributed by atoms with E-state index in [9.17, 15) is 34.4 Å². The number of halogens is 1. The summed E-state index contributed by atoms with van der Waals surface area (Å²) in [6.45, 7) is 18.5. The zero-order chi connectivity index (χ0) is 53.6. The lowest BCUT2D eigenvalue weighted by Gasteiger charge is -2.51. The first-order chi connectivity index (χ1) is 33.8. The molecule has 3 aliphatic heterocycles. The molecule has 19 atom stereocenters. The van der Waals surface area contributed by atoms with Gasteiger partial charge >= 0.3 is 5.97 Å². The van der Waals surface area contributed by atoms with Gasteiger partial charge in [-0.25, -0.2) is 9.07 Å². The van der Waals surface area contributed by atoms with Gasteiger partial charge in [0.2, 0.25) is 0 Å². The van der Waals surface area contributed by atoms with Crippen LogP contribution in [0.1, 0.15) is 135 Å². The molecule has 410 valence electrons. The van der Waals surface area contributed by atoms with Crippen LogP contribution in [0.25, 0.3) is 0 Å². The summed E-state index contributed by atoms with van der Waals surface area (Å²) in [6.07, 6.45) is -3.11. The fourth-order valence-electron chi connectivity index (χ4n) is 12.0. The number of amides is 1. The largest absolute Gasteiger partial charge is 0.459 e. The van der Waals surface area contributed by atoms with Gasteiger partial charge < -0.3 is 64.0 Å². The topological polar surface area (TPSA) is 220 Å². The lowest BCUT2D eigenvalue weighted by molar-refractivity contribution is -0.275. The molecule has 1 amide bonds. The van der Waals surface area contributed by atoms with E-state index in [1.807, 2.05) is 53.6 Å². The van der Waals surface area contributed by atoms with Crippen molar-refractivity contribution in [2.24, 2.45) is 23.7 Å². The maximum atomic E-state index is 14.8. The van der Waals surface area contributed by atoms with Crippen LogP contribution in [0.2, 0.25) is 0 Å². The van der Waals surface area contributed by atoms with Crippen LogP contribution in [0, 0.1) is 23.7 Å². The first kappa shape index (κ1) is 59.7. The molecule has 4 heterocycles. The SMILES string of the molecule is CC[C@H]1OC(=O)[C@H](C)[C@@H](C2C[C@@](C)(OC)[C@@H](O)[C@H](C)O2)[C@H](C)[C@@H](O[C@H]2C[C@@H](N(C)CCc3cn([C@H](CF)[C@H](OC)c4ccc(C(=O)NC)cc4)nn3)C[C@@H](C)O2)[C@](C)(O)C[C@@H](C)CN(C)[C@H](C)[C@@H](O)[C@]1(C)O. The number of aliphatic hydroxyl groups excluding tert-OH is 2. The summed E-state index contributed by atoms with van der Waals surface area (Å²) in [7, 11) is 8.51. The molecule has 1 aromatic carbocycles. The summed E-state index contributed by atoms with van der Waals surface area (Å²) in [4.78, 5) is 30.9. The second kappa shape index (κ2) is 25.1. The Hall–Kier alpha value is -3.21.